The highest BCUT2D eigenvalue weighted by Gasteiger charge is 2.21. The number of carbonyl (C=O) groups is 1. The first kappa shape index (κ1) is 12.9. The Morgan fingerprint density at radius 3 is 2.67 bits per heavy atom. The zero-order chi connectivity index (χ0) is 13.1. The van der Waals surface area contributed by atoms with Gasteiger partial charge in [-0.15, -0.1) is 0 Å². The third-order valence-corrected chi connectivity index (χ3v) is 2.90. The molecule has 0 spiro atoms. The minimum absolute atomic E-state index is 0.0722. The smallest absolute Gasteiger partial charge is 0.238 e. The van der Waals surface area contributed by atoms with Crippen LogP contribution in [0.1, 0.15) is 6.42 Å². The number of nitrogens with zero attached hydrogens (tertiary/aromatic N) is 1. The van der Waals surface area contributed by atoms with Crippen LogP contribution < -0.4 is 11.1 Å². The van der Waals surface area contributed by atoms with Gasteiger partial charge >= 0.3 is 0 Å². The van der Waals surface area contributed by atoms with Crippen LogP contribution in [0.15, 0.2) is 18.2 Å². The number of para-hydroxylation sites is 1. The minimum atomic E-state index is -0.776. The normalized spacial score (nSPS) is 20.1. The molecule has 1 aliphatic heterocycles. The van der Waals surface area contributed by atoms with Crippen molar-refractivity contribution in [3.8, 4) is 0 Å². The van der Waals surface area contributed by atoms with E-state index in [1.165, 1.54) is 6.07 Å². The Hall–Kier alpha value is -1.53. The average Bonchev–Trinajstić information content (AvgIpc) is 2.69. The number of likely N-dealkylation sites (tertiary alicyclic amines) is 1. The second-order valence-electron chi connectivity index (χ2n) is 4.43. The van der Waals surface area contributed by atoms with E-state index in [9.17, 15) is 13.6 Å². The minimum Gasteiger partial charge on any atom is -0.326 e. The molecule has 4 nitrogen and oxygen atoms in total. The molecular weight excluding hydrogens is 240 g/mol. The Kier molecular flexibility index (Phi) is 3.88. The van der Waals surface area contributed by atoms with Crippen molar-refractivity contribution in [1.29, 1.82) is 0 Å². The molecule has 0 radical (unpaired) electrons. The van der Waals surface area contributed by atoms with Crippen LogP contribution in [-0.2, 0) is 4.79 Å². The van der Waals surface area contributed by atoms with Gasteiger partial charge in [0.25, 0.3) is 0 Å². The van der Waals surface area contributed by atoms with Crippen LogP contribution in [0.25, 0.3) is 0 Å². The Balaban J connectivity index is 1.95. The number of rotatable bonds is 3. The van der Waals surface area contributed by atoms with Crippen LogP contribution in [0.4, 0.5) is 14.5 Å². The molecule has 1 fully saturated rings. The molecule has 1 amide bonds. The maximum Gasteiger partial charge on any atom is 0.238 e. The van der Waals surface area contributed by atoms with Crippen molar-refractivity contribution in [3.05, 3.63) is 29.8 Å². The summed E-state index contributed by atoms with van der Waals surface area (Å²) in [5, 5.41) is 2.25. The first-order valence-corrected chi connectivity index (χ1v) is 5.78. The molecular formula is C12H15F2N3O. The summed E-state index contributed by atoms with van der Waals surface area (Å²) in [6.07, 6.45) is 0.835. The van der Waals surface area contributed by atoms with Gasteiger partial charge in [-0.1, -0.05) is 6.07 Å². The maximum atomic E-state index is 13.3. The second kappa shape index (κ2) is 5.41. The Labute approximate surface area is 104 Å². The summed E-state index contributed by atoms with van der Waals surface area (Å²) < 4.78 is 26.6. The molecule has 1 aromatic carbocycles. The van der Waals surface area contributed by atoms with Gasteiger partial charge in [0.2, 0.25) is 5.91 Å². The van der Waals surface area contributed by atoms with Gasteiger partial charge in [0.05, 0.1) is 6.54 Å². The molecule has 98 valence electrons. The number of amides is 1. The van der Waals surface area contributed by atoms with Crippen LogP contribution >= 0.6 is 0 Å². The van der Waals surface area contributed by atoms with Gasteiger partial charge < -0.3 is 11.1 Å². The van der Waals surface area contributed by atoms with E-state index in [0.29, 0.717) is 6.54 Å². The lowest BCUT2D eigenvalue weighted by Crippen LogP contribution is -2.34. The zero-order valence-electron chi connectivity index (χ0n) is 9.83. The lowest BCUT2D eigenvalue weighted by atomic mass is 10.3. The molecule has 0 bridgehead atoms. The van der Waals surface area contributed by atoms with Gasteiger partial charge in [-0.2, -0.15) is 0 Å². The summed E-state index contributed by atoms with van der Waals surface area (Å²) in [7, 11) is 0. The van der Waals surface area contributed by atoms with Crippen LogP contribution in [0.3, 0.4) is 0 Å². The van der Waals surface area contributed by atoms with E-state index >= 15 is 0 Å². The highest BCUT2D eigenvalue weighted by Crippen LogP contribution is 2.18. The first-order valence-electron chi connectivity index (χ1n) is 5.78. The van der Waals surface area contributed by atoms with Gasteiger partial charge in [-0.25, -0.2) is 8.78 Å². The SMILES string of the molecule is N[C@@H]1CCN(CC(=O)Nc2c(F)cccc2F)C1. The van der Waals surface area contributed by atoms with Crippen molar-refractivity contribution in [3.63, 3.8) is 0 Å². The largest absolute Gasteiger partial charge is 0.326 e. The number of hydrogen-bond donors (Lipinski definition) is 2. The average molecular weight is 255 g/mol. The number of hydrogen-bond acceptors (Lipinski definition) is 3. The molecule has 1 aromatic rings. The fourth-order valence-corrected chi connectivity index (χ4v) is 2.01. The van der Waals surface area contributed by atoms with Crippen LogP contribution in [0, 0.1) is 11.6 Å². The van der Waals surface area contributed by atoms with Crippen molar-refractivity contribution >= 4 is 11.6 Å². The molecule has 0 unspecified atom stereocenters. The molecule has 0 aliphatic carbocycles. The van der Waals surface area contributed by atoms with Crippen LogP contribution in [0.5, 0.6) is 0 Å². The molecule has 1 aliphatic rings. The van der Waals surface area contributed by atoms with Crippen molar-refractivity contribution < 1.29 is 13.6 Å². The van der Waals surface area contributed by atoms with E-state index in [2.05, 4.69) is 5.32 Å². The number of carbonyl (C=O) groups excluding carboxylic acids is 1. The first-order chi connectivity index (χ1) is 8.56. The van der Waals surface area contributed by atoms with Gasteiger partial charge in [-0.05, 0) is 18.6 Å². The molecule has 2 rings (SSSR count). The highest BCUT2D eigenvalue weighted by molar-refractivity contribution is 5.92. The third-order valence-electron chi connectivity index (χ3n) is 2.90. The number of nitrogens with one attached hydrogen (secondary N) is 1. The molecule has 6 heteroatoms. The predicted octanol–water partition coefficient (Wildman–Crippen LogP) is 0.936. The van der Waals surface area contributed by atoms with Crippen molar-refractivity contribution in [2.75, 3.05) is 25.0 Å². The lowest BCUT2D eigenvalue weighted by molar-refractivity contribution is -0.117. The van der Waals surface area contributed by atoms with Crippen LogP contribution in [-0.4, -0.2) is 36.5 Å². The molecule has 1 atom stereocenters. The summed E-state index contributed by atoms with van der Waals surface area (Å²) in [6.45, 7) is 1.46. The van der Waals surface area contributed by atoms with Gasteiger partial charge in [0.15, 0.2) is 0 Å². The van der Waals surface area contributed by atoms with E-state index in [-0.39, 0.29) is 12.6 Å². The quantitative estimate of drug-likeness (QED) is 0.845. The van der Waals surface area contributed by atoms with Gasteiger partial charge in [0, 0.05) is 19.1 Å². The zero-order valence-corrected chi connectivity index (χ0v) is 9.83. The number of anilines is 1. The monoisotopic (exact) mass is 255 g/mol. The van der Waals surface area contributed by atoms with Crippen LogP contribution in [0.2, 0.25) is 0 Å². The number of nitrogens with two attached hydrogens (primary N) is 1. The maximum absolute atomic E-state index is 13.3. The molecule has 1 saturated heterocycles. The summed E-state index contributed by atoms with van der Waals surface area (Å²) in [5.41, 5.74) is 5.31. The Bertz CT molecular complexity index is 433. The lowest BCUT2D eigenvalue weighted by Gasteiger charge is -2.15. The summed E-state index contributed by atoms with van der Waals surface area (Å²) >= 11 is 0. The van der Waals surface area contributed by atoms with Crippen molar-refractivity contribution in [2.45, 2.75) is 12.5 Å². The third kappa shape index (κ3) is 3.02. The highest BCUT2D eigenvalue weighted by atomic mass is 19.1. The van der Waals surface area contributed by atoms with E-state index in [1.54, 1.807) is 0 Å². The summed E-state index contributed by atoms with van der Waals surface area (Å²) in [4.78, 5) is 13.5. The predicted molar refractivity (Wildman–Crippen MR) is 64.0 cm³/mol. The molecule has 3 N–H and O–H groups in total. The number of halogens is 2. The summed E-state index contributed by atoms with van der Waals surface area (Å²) in [5.74, 6) is -1.99. The molecule has 1 heterocycles. The fourth-order valence-electron chi connectivity index (χ4n) is 2.01. The molecule has 0 saturated carbocycles. The number of benzene rings is 1. The second-order valence-corrected chi connectivity index (χ2v) is 4.43. The standard InChI is InChI=1S/C12H15F2N3O/c13-9-2-1-3-10(14)12(9)16-11(18)7-17-5-4-8(15)6-17/h1-3,8H,4-7,15H2,(H,16,18)/t8-/m1/s1. The summed E-state index contributed by atoms with van der Waals surface area (Å²) in [6, 6.07) is 3.53. The Morgan fingerprint density at radius 1 is 1.44 bits per heavy atom. The van der Waals surface area contributed by atoms with E-state index in [1.807, 2.05) is 4.90 Å². The van der Waals surface area contributed by atoms with E-state index in [0.717, 1.165) is 25.1 Å². The molecule has 18 heavy (non-hydrogen) atoms. The Morgan fingerprint density at radius 2 is 2.11 bits per heavy atom. The van der Waals surface area contributed by atoms with Crippen molar-refractivity contribution in [2.24, 2.45) is 5.73 Å². The van der Waals surface area contributed by atoms with Gasteiger partial charge in [-0.3, -0.25) is 9.69 Å². The topological polar surface area (TPSA) is 58.4 Å². The van der Waals surface area contributed by atoms with E-state index in [4.69, 9.17) is 5.73 Å². The molecule has 0 aromatic heterocycles. The van der Waals surface area contributed by atoms with Gasteiger partial charge in [0.1, 0.15) is 17.3 Å². The van der Waals surface area contributed by atoms with E-state index < -0.39 is 23.2 Å². The fraction of sp³-hybridized carbons (Fsp3) is 0.417. The van der Waals surface area contributed by atoms with Crippen molar-refractivity contribution in [1.82, 2.24) is 4.90 Å².